The number of phenols is 1. The fourth-order valence-electron chi connectivity index (χ4n) is 2.91. The van der Waals surface area contributed by atoms with Gasteiger partial charge in [-0.3, -0.25) is 9.59 Å². The van der Waals surface area contributed by atoms with E-state index in [9.17, 15) is 19.8 Å². The van der Waals surface area contributed by atoms with Gasteiger partial charge in [0.15, 0.2) is 17.3 Å². The number of benzene rings is 2. The van der Waals surface area contributed by atoms with Gasteiger partial charge in [0.1, 0.15) is 5.58 Å². The first-order chi connectivity index (χ1) is 13.0. The van der Waals surface area contributed by atoms with Crippen molar-refractivity contribution >= 4 is 16.9 Å². The van der Waals surface area contributed by atoms with Crippen LogP contribution >= 0.6 is 0 Å². The number of para-hydroxylation sites is 1. The van der Waals surface area contributed by atoms with Crippen LogP contribution in [0.1, 0.15) is 23.7 Å². The van der Waals surface area contributed by atoms with Gasteiger partial charge in [-0.05, 0) is 29.8 Å². The van der Waals surface area contributed by atoms with Crippen molar-refractivity contribution in [3.8, 4) is 17.2 Å². The van der Waals surface area contributed by atoms with Gasteiger partial charge < -0.3 is 24.1 Å². The number of hydrogen-bond donors (Lipinski definition) is 2. The van der Waals surface area contributed by atoms with Gasteiger partial charge in [0, 0.05) is 0 Å². The van der Waals surface area contributed by atoms with Crippen LogP contribution in [0.25, 0.3) is 11.0 Å². The molecule has 0 fully saturated rings. The van der Waals surface area contributed by atoms with Gasteiger partial charge in [-0.25, -0.2) is 0 Å². The van der Waals surface area contributed by atoms with Crippen molar-refractivity contribution in [3.05, 3.63) is 64.0 Å². The molecule has 3 rings (SSSR count). The first-order valence-electron chi connectivity index (χ1n) is 8.14. The summed E-state index contributed by atoms with van der Waals surface area (Å²) in [5.74, 6) is -1.90. The largest absolute Gasteiger partial charge is 0.504 e. The van der Waals surface area contributed by atoms with Crippen LogP contribution in [-0.4, -0.2) is 30.4 Å². The fraction of sp³-hybridized carbons (Fsp3) is 0.200. The summed E-state index contributed by atoms with van der Waals surface area (Å²) in [6.45, 7) is 0. The highest BCUT2D eigenvalue weighted by Gasteiger charge is 2.27. The van der Waals surface area contributed by atoms with E-state index in [1.807, 2.05) is 0 Å². The van der Waals surface area contributed by atoms with Crippen LogP contribution in [0.15, 0.2) is 51.7 Å². The van der Waals surface area contributed by atoms with E-state index >= 15 is 0 Å². The minimum Gasteiger partial charge on any atom is -0.504 e. The molecule has 0 amide bonds. The van der Waals surface area contributed by atoms with Crippen molar-refractivity contribution in [3.63, 3.8) is 0 Å². The Kier molecular flexibility index (Phi) is 5.03. The summed E-state index contributed by atoms with van der Waals surface area (Å²) in [5.41, 5.74) is 0.201. The molecule has 0 aliphatic carbocycles. The highest BCUT2D eigenvalue weighted by atomic mass is 16.5. The van der Waals surface area contributed by atoms with Gasteiger partial charge in [0.05, 0.1) is 31.9 Å². The predicted molar refractivity (Wildman–Crippen MR) is 97.3 cm³/mol. The van der Waals surface area contributed by atoms with E-state index in [-0.39, 0.29) is 34.6 Å². The normalized spacial score (nSPS) is 11.9. The maximum absolute atomic E-state index is 12.5. The van der Waals surface area contributed by atoms with Crippen LogP contribution in [0.3, 0.4) is 0 Å². The van der Waals surface area contributed by atoms with E-state index < -0.39 is 23.1 Å². The Morgan fingerprint density at radius 2 is 1.89 bits per heavy atom. The molecule has 0 bridgehead atoms. The molecular weight excluding hydrogens is 352 g/mol. The van der Waals surface area contributed by atoms with Crippen LogP contribution in [0, 0.1) is 0 Å². The van der Waals surface area contributed by atoms with Gasteiger partial charge >= 0.3 is 5.97 Å². The number of ether oxygens (including phenoxy) is 2. The topological polar surface area (TPSA) is 106 Å². The summed E-state index contributed by atoms with van der Waals surface area (Å²) in [6.07, 6.45) is -0.181. The summed E-state index contributed by atoms with van der Waals surface area (Å²) in [7, 11) is 2.63. The van der Waals surface area contributed by atoms with Crippen molar-refractivity contribution in [1.29, 1.82) is 0 Å². The molecule has 3 aromatic rings. The number of fused-ring (bicyclic) bond motifs is 1. The van der Waals surface area contributed by atoms with E-state index in [1.165, 1.54) is 26.4 Å². The number of phenolic OH excluding ortho intramolecular Hbond substituents is 1. The first-order valence-corrected chi connectivity index (χ1v) is 8.14. The van der Waals surface area contributed by atoms with Crippen molar-refractivity contribution in [2.45, 2.75) is 12.3 Å². The number of rotatable bonds is 5. The number of carbonyl (C=O) groups excluding carboxylic acids is 1. The van der Waals surface area contributed by atoms with Gasteiger partial charge in [-0.2, -0.15) is 0 Å². The highest BCUT2D eigenvalue weighted by molar-refractivity contribution is 5.78. The number of aromatic hydroxyl groups is 2. The van der Waals surface area contributed by atoms with E-state index in [0.717, 1.165) is 0 Å². The maximum atomic E-state index is 12.5. The molecule has 1 heterocycles. The van der Waals surface area contributed by atoms with Crippen molar-refractivity contribution in [2.75, 3.05) is 14.2 Å². The molecule has 2 aromatic carbocycles. The molecule has 0 saturated heterocycles. The Bertz CT molecular complexity index is 1050. The lowest BCUT2D eigenvalue weighted by Gasteiger charge is -2.18. The average molecular weight is 370 g/mol. The maximum Gasteiger partial charge on any atom is 0.306 e. The summed E-state index contributed by atoms with van der Waals surface area (Å²) >= 11 is 0. The lowest BCUT2D eigenvalue weighted by atomic mass is 9.91. The predicted octanol–water partition coefficient (Wildman–Crippen LogP) is 2.91. The van der Waals surface area contributed by atoms with E-state index in [2.05, 4.69) is 0 Å². The minimum absolute atomic E-state index is 0.0585. The molecule has 0 spiro atoms. The van der Waals surface area contributed by atoms with E-state index in [4.69, 9.17) is 13.9 Å². The van der Waals surface area contributed by atoms with Crippen molar-refractivity contribution in [2.24, 2.45) is 0 Å². The number of hydrogen-bond acceptors (Lipinski definition) is 7. The molecule has 7 nitrogen and oxygen atoms in total. The van der Waals surface area contributed by atoms with Crippen LogP contribution in [0.5, 0.6) is 17.2 Å². The quantitative estimate of drug-likeness (QED) is 0.665. The molecule has 0 radical (unpaired) electrons. The molecule has 1 aromatic heterocycles. The van der Waals surface area contributed by atoms with Crippen molar-refractivity contribution < 1.29 is 28.9 Å². The third-order valence-corrected chi connectivity index (χ3v) is 4.32. The number of esters is 1. The SMILES string of the molecule is COC(=O)C[C@@H](c1ccc(O)c(OC)c1)c1oc2ccccc2c(=O)c1O. The third kappa shape index (κ3) is 3.44. The smallest absolute Gasteiger partial charge is 0.306 e. The van der Waals surface area contributed by atoms with Crippen LogP contribution in [0.4, 0.5) is 0 Å². The van der Waals surface area contributed by atoms with Crippen molar-refractivity contribution in [1.82, 2.24) is 0 Å². The number of carbonyl (C=O) groups is 1. The molecule has 0 aliphatic heterocycles. The zero-order valence-corrected chi connectivity index (χ0v) is 14.8. The molecule has 1 atom stereocenters. The number of methoxy groups -OCH3 is 2. The molecule has 0 unspecified atom stereocenters. The Labute approximate surface area is 154 Å². The zero-order valence-electron chi connectivity index (χ0n) is 14.8. The molecule has 0 aliphatic rings. The summed E-state index contributed by atoms with van der Waals surface area (Å²) in [6, 6.07) is 11.0. The highest BCUT2D eigenvalue weighted by Crippen LogP contribution is 2.38. The molecule has 7 heteroatoms. The lowest BCUT2D eigenvalue weighted by molar-refractivity contribution is -0.140. The molecular formula is C20H18O7. The second-order valence-corrected chi connectivity index (χ2v) is 5.90. The van der Waals surface area contributed by atoms with Gasteiger partial charge in [0.25, 0.3) is 0 Å². The Morgan fingerprint density at radius 3 is 2.59 bits per heavy atom. The van der Waals surface area contributed by atoms with Crippen LogP contribution in [-0.2, 0) is 9.53 Å². The molecule has 27 heavy (non-hydrogen) atoms. The fourth-order valence-corrected chi connectivity index (χ4v) is 2.91. The molecule has 0 saturated carbocycles. The molecule has 2 N–H and O–H groups in total. The first kappa shape index (κ1) is 18.3. The van der Waals surface area contributed by atoms with Gasteiger partial charge in [-0.15, -0.1) is 0 Å². The van der Waals surface area contributed by atoms with Gasteiger partial charge in [-0.1, -0.05) is 18.2 Å². The minimum atomic E-state index is -0.816. The monoisotopic (exact) mass is 370 g/mol. The summed E-state index contributed by atoms with van der Waals surface area (Å²) in [4.78, 5) is 24.5. The second-order valence-electron chi connectivity index (χ2n) is 5.90. The van der Waals surface area contributed by atoms with Crippen LogP contribution < -0.4 is 10.2 Å². The zero-order chi connectivity index (χ0) is 19.6. The molecule has 140 valence electrons. The summed E-state index contributed by atoms with van der Waals surface area (Å²) in [5, 5.41) is 20.5. The Balaban J connectivity index is 2.22. The third-order valence-electron chi connectivity index (χ3n) is 4.32. The van der Waals surface area contributed by atoms with Gasteiger partial charge in [0.2, 0.25) is 11.2 Å². The Morgan fingerprint density at radius 1 is 1.15 bits per heavy atom. The van der Waals surface area contributed by atoms with E-state index in [1.54, 1.807) is 30.3 Å². The average Bonchev–Trinajstić information content (AvgIpc) is 2.69. The van der Waals surface area contributed by atoms with E-state index in [0.29, 0.717) is 5.56 Å². The summed E-state index contributed by atoms with van der Waals surface area (Å²) < 4.78 is 15.6. The second kappa shape index (κ2) is 7.41. The van der Waals surface area contributed by atoms with Crippen LogP contribution in [0.2, 0.25) is 0 Å². The Hall–Kier alpha value is -3.48. The lowest BCUT2D eigenvalue weighted by Crippen LogP contribution is -2.13. The standard InChI is InChI=1S/C20H18O7/c1-25-16-9-11(7-8-14(16)21)13(10-17(22)26-2)20-19(24)18(23)12-5-3-4-6-15(12)27-20/h3-9,13,21,24H,10H2,1-2H3/t13-/m0/s1.